The number of ether oxygens (including phenoxy) is 3. The average molecular weight is 879 g/mol. The molecule has 6 heteroatoms. The Bertz CT molecular complexity index is 1190. The first-order valence-corrected chi connectivity index (χ1v) is 26.4. The third-order valence-electron chi connectivity index (χ3n) is 11.2. The lowest BCUT2D eigenvalue weighted by molar-refractivity contribution is -0.167. The van der Waals surface area contributed by atoms with Gasteiger partial charge in [-0.05, 0) is 103 Å². The molecule has 0 bridgehead atoms. The largest absolute Gasteiger partial charge is 0.462 e. The first-order valence-electron chi connectivity index (χ1n) is 26.4. The molecule has 0 saturated heterocycles. The molecule has 0 aromatic rings. The number of rotatable bonds is 47. The van der Waals surface area contributed by atoms with E-state index in [1.807, 2.05) is 0 Å². The Hall–Kier alpha value is -3.15. The number of hydrogen-bond donors (Lipinski definition) is 0. The molecule has 0 rings (SSSR count). The van der Waals surface area contributed by atoms with Crippen molar-refractivity contribution in [2.24, 2.45) is 0 Å². The molecule has 0 spiro atoms. The van der Waals surface area contributed by atoms with Crippen molar-refractivity contribution in [3.63, 3.8) is 0 Å². The van der Waals surface area contributed by atoms with E-state index in [9.17, 15) is 14.4 Å². The van der Waals surface area contributed by atoms with Crippen molar-refractivity contribution in [3.8, 4) is 0 Å². The maximum Gasteiger partial charge on any atom is 0.306 e. The van der Waals surface area contributed by atoms with Gasteiger partial charge < -0.3 is 14.2 Å². The molecule has 0 aromatic carbocycles. The van der Waals surface area contributed by atoms with Crippen molar-refractivity contribution in [3.05, 3.63) is 72.9 Å². The summed E-state index contributed by atoms with van der Waals surface area (Å²) < 4.78 is 16.8. The van der Waals surface area contributed by atoms with Crippen LogP contribution < -0.4 is 0 Å². The van der Waals surface area contributed by atoms with Crippen LogP contribution in [0, 0.1) is 0 Å². The first-order chi connectivity index (χ1) is 31.0. The molecule has 362 valence electrons. The van der Waals surface area contributed by atoms with E-state index in [-0.39, 0.29) is 31.1 Å². The van der Waals surface area contributed by atoms with Gasteiger partial charge in [-0.2, -0.15) is 0 Å². The summed E-state index contributed by atoms with van der Waals surface area (Å²) >= 11 is 0. The van der Waals surface area contributed by atoms with Crippen LogP contribution in [0.25, 0.3) is 0 Å². The summed E-state index contributed by atoms with van der Waals surface area (Å²) in [6.07, 6.45) is 64.6. The van der Waals surface area contributed by atoms with Crippen LogP contribution in [0.2, 0.25) is 0 Å². The van der Waals surface area contributed by atoms with Gasteiger partial charge in [0.05, 0.1) is 0 Å². The van der Waals surface area contributed by atoms with Crippen molar-refractivity contribution < 1.29 is 28.6 Å². The van der Waals surface area contributed by atoms with Crippen molar-refractivity contribution in [2.45, 2.75) is 258 Å². The van der Waals surface area contributed by atoms with Crippen LogP contribution in [-0.2, 0) is 28.6 Å². The molecule has 63 heavy (non-hydrogen) atoms. The number of hydrogen-bond acceptors (Lipinski definition) is 6. The van der Waals surface area contributed by atoms with Crippen LogP contribution in [0.5, 0.6) is 0 Å². The van der Waals surface area contributed by atoms with Crippen LogP contribution in [0.4, 0.5) is 0 Å². The van der Waals surface area contributed by atoms with E-state index in [1.165, 1.54) is 103 Å². The molecule has 0 heterocycles. The standard InChI is InChI=1S/C57H98O6/c1-4-7-10-13-16-19-22-25-27-28-29-30-33-35-38-41-44-47-50-56(59)62-53-54(52-61-55(58)49-46-43-40-37-34-31-24-21-18-15-12-9-6-3)63-57(60)51-48-45-42-39-36-32-26-23-20-17-14-11-8-5-2/h9,12,14,17-18,21,23,26-28,31,34,54H,4-8,10-11,13,15-16,19-20,22,24-25,29-30,32-33,35-53H2,1-3H3/b12-9-,17-14-,21-18-,26-23-,28-27-,34-31-. The van der Waals surface area contributed by atoms with E-state index < -0.39 is 6.10 Å². The molecular weight excluding hydrogens is 781 g/mol. The maximum absolute atomic E-state index is 12.8. The van der Waals surface area contributed by atoms with Gasteiger partial charge in [0.2, 0.25) is 0 Å². The summed E-state index contributed by atoms with van der Waals surface area (Å²) in [5.41, 5.74) is 0. The zero-order valence-electron chi connectivity index (χ0n) is 41.3. The van der Waals surface area contributed by atoms with E-state index in [0.29, 0.717) is 19.3 Å². The topological polar surface area (TPSA) is 78.9 Å². The van der Waals surface area contributed by atoms with Crippen LogP contribution in [0.1, 0.15) is 252 Å². The monoisotopic (exact) mass is 879 g/mol. The number of carbonyl (C=O) groups is 3. The van der Waals surface area contributed by atoms with Crippen molar-refractivity contribution in [1.29, 1.82) is 0 Å². The minimum Gasteiger partial charge on any atom is -0.462 e. The van der Waals surface area contributed by atoms with Crippen LogP contribution in [0.15, 0.2) is 72.9 Å². The molecule has 0 aliphatic heterocycles. The average Bonchev–Trinajstić information content (AvgIpc) is 3.28. The van der Waals surface area contributed by atoms with E-state index >= 15 is 0 Å². The Labute approximate surface area is 389 Å². The molecular formula is C57H98O6. The summed E-state index contributed by atoms with van der Waals surface area (Å²) in [7, 11) is 0. The Balaban J connectivity index is 4.41. The summed E-state index contributed by atoms with van der Waals surface area (Å²) in [6, 6.07) is 0. The highest BCUT2D eigenvalue weighted by atomic mass is 16.6. The molecule has 0 N–H and O–H groups in total. The van der Waals surface area contributed by atoms with E-state index in [2.05, 4.69) is 93.7 Å². The normalized spacial score (nSPS) is 12.6. The van der Waals surface area contributed by atoms with Gasteiger partial charge in [0.1, 0.15) is 13.2 Å². The minimum atomic E-state index is -0.796. The summed E-state index contributed by atoms with van der Waals surface area (Å²) in [4.78, 5) is 38.0. The number of carbonyl (C=O) groups excluding carboxylic acids is 3. The fourth-order valence-corrected chi connectivity index (χ4v) is 7.17. The van der Waals surface area contributed by atoms with Gasteiger partial charge in [-0.3, -0.25) is 14.4 Å². The third-order valence-corrected chi connectivity index (χ3v) is 11.2. The second-order valence-corrected chi connectivity index (χ2v) is 17.4. The highest BCUT2D eigenvalue weighted by molar-refractivity contribution is 5.71. The van der Waals surface area contributed by atoms with E-state index in [4.69, 9.17) is 14.2 Å². The van der Waals surface area contributed by atoms with Crippen molar-refractivity contribution in [2.75, 3.05) is 13.2 Å². The Morgan fingerprint density at radius 1 is 0.333 bits per heavy atom. The first kappa shape index (κ1) is 59.9. The van der Waals surface area contributed by atoms with Gasteiger partial charge in [0, 0.05) is 19.3 Å². The smallest absolute Gasteiger partial charge is 0.306 e. The van der Waals surface area contributed by atoms with Crippen LogP contribution in [-0.4, -0.2) is 37.2 Å². The predicted molar refractivity (Wildman–Crippen MR) is 270 cm³/mol. The zero-order valence-corrected chi connectivity index (χ0v) is 41.3. The fourth-order valence-electron chi connectivity index (χ4n) is 7.17. The third kappa shape index (κ3) is 49.7. The van der Waals surface area contributed by atoms with Gasteiger partial charge in [-0.1, -0.05) is 203 Å². The second-order valence-electron chi connectivity index (χ2n) is 17.4. The Morgan fingerprint density at radius 3 is 1.05 bits per heavy atom. The lowest BCUT2D eigenvalue weighted by Crippen LogP contribution is -2.30. The highest BCUT2D eigenvalue weighted by Gasteiger charge is 2.19. The van der Waals surface area contributed by atoms with Crippen LogP contribution in [0.3, 0.4) is 0 Å². The quantitative estimate of drug-likeness (QED) is 0.0262. The molecule has 0 amide bonds. The highest BCUT2D eigenvalue weighted by Crippen LogP contribution is 2.14. The van der Waals surface area contributed by atoms with Gasteiger partial charge in [-0.15, -0.1) is 0 Å². The molecule has 0 radical (unpaired) electrons. The molecule has 1 unspecified atom stereocenters. The summed E-state index contributed by atoms with van der Waals surface area (Å²) in [5.74, 6) is -0.940. The number of allylic oxidation sites excluding steroid dienone is 12. The zero-order chi connectivity index (χ0) is 45.8. The molecule has 0 aliphatic rings. The molecule has 0 fully saturated rings. The Kier molecular flexibility index (Phi) is 48.9. The van der Waals surface area contributed by atoms with Gasteiger partial charge in [0.25, 0.3) is 0 Å². The molecule has 0 saturated carbocycles. The second kappa shape index (κ2) is 51.5. The Morgan fingerprint density at radius 2 is 0.635 bits per heavy atom. The van der Waals surface area contributed by atoms with Crippen molar-refractivity contribution in [1.82, 2.24) is 0 Å². The number of unbranched alkanes of at least 4 members (excludes halogenated alkanes) is 24. The molecule has 1 atom stereocenters. The maximum atomic E-state index is 12.8. The summed E-state index contributed by atoms with van der Waals surface area (Å²) in [6.45, 7) is 6.44. The lowest BCUT2D eigenvalue weighted by atomic mass is 10.1. The van der Waals surface area contributed by atoms with Gasteiger partial charge in [0.15, 0.2) is 6.10 Å². The molecule has 0 aromatic heterocycles. The minimum absolute atomic E-state index is 0.0929. The SMILES string of the molecule is CC/C=C\C/C=C\C/C=C\CCCCCC(=O)OCC(COC(=O)CCCCCCCCC/C=C\CCCCCCCCC)OC(=O)CCCCCCC/C=C\C/C=C\CCCC. The van der Waals surface area contributed by atoms with Gasteiger partial charge >= 0.3 is 17.9 Å². The predicted octanol–water partition coefficient (Wildman–Crippen LogP) is 17.4. The molecule has 0 aliphatic carbocycles. The van der Waals surface area contributed by atoms with E-state index in [1.54, 1.807) is 0 Å². The van der Waals surface area contributed by atoms with Crippen molar-refractivity contribution >= 4 is 17.9 Å². The number of esters is 3. The van der Waals surface area contributed by atoms with Crippen LogP contribution >= 0.6 is 0 Å². The fraction of sp³-hybridized carbons (Fsp3) is 0.737. The summed E-state index contributed by atoms with van der Waals surface area (Å²) in [5, 5.41) is 0. The van der Waals surface area contributed by atoms with Gasteiger partial charge in [-0.25, -0.2) is 0 Å². The van der Waals surface area contributed by atoms with E-state index in [0.717, 1.165) is 109 Å². The molecule has 6 nitrogen and oxygen atoms in total. The lowest BCUT2D eigenvalue weighted by Gasteiger charge is -2.18.